The van der Waals surface area contributed by atoms with Crippen molar-refractivity contribution in [3.05, 3.63) is 29.8 Å². The highest BCUT2D eigenvalue weighted by Crippen LogP contribution is 2.31. The Kier molecular flexibility index (Phi) is 7.24. The van der Waals surface area contributed by atoms with Crippen LogP contribution in [-0.4, -0.2) is 81.2 Å². The van der Waals surface area contributed by atoms with Crippen LogP contribution >= 0.6 is 0 Å². The molecule has 178 valence electrons. The molecule has 1 saturated carbocycles. The summed E-state index contributed by atoms with van der Waals surface area (Å²) < 4.78 is 44.9. The van der Waals surface area contributed by atoms with Gasteiger partial charge in [-0.3, -0.25) is 0 Å². The fraction of sp³-hybridized carbons (Fsp3) is 0.682. The Bertz CT molecular complexity index is 883. The molecule has 3 aliphatic rings. The Hall–Kier alpha value is -1.88. The normalized spacial score (nSPS) is 25.6. The Morgan fingerprint density at radius 2 is 1.78 bits per heavy atom. The zero-order valence-electron chi connectivity index (χ0n) is 18.6. The maximum absolute atomic E-state index is 13.2. The quantitative estimate of drug-likeness (QED) is 0.711. The summed E-state index contributed by atoms with van der Waals surface area (Å²) in [7, 11) is -1.80. The first-order chi connectivity index (χ1) is 15.4. The van der Waals surface area contributed by atoms with Gasteiger partial charge in [0.05, 0.1) is 38.7 Å². The van der Waals surface area contributed by atoms with Crippen molar-refractivity contribution in [2.75, 3.05) is 46.5 Å². The Labute approximate surface area is 190 Å². The van der Waals surface area contributed by atoms with Crippen LogP contribution in [0.3, 0.4) is 0 Å². The first-order valence-electron chi connectivity index (χ1n) is 11.3. The van der Waals surface area contributed by atoms with E-state index in [4.69, 9.17) is 14.2 Å². The van der Waals surface area contributed by atoms with Crippen molar-refractivity contribution in [2.24, 2.45) is 0 Å². The zero-order valence-corrected chi connectivity index (χ0v) is 19.4. The molecule has 1 aromatic rings. The van der Waals surface area contributed by atoms with Gasteiger partial charge in [0.1, 0.15) is 5.75 Å². The first-order valence-corrected chi connectivity index (χ1v) is 12.8. The lowest BCUT2D eigenvalue weighted by atomic mass is 10.0. The van der Waals surface area contributed by atoms with Crippen LogP contribution < -0.4 is 10.1 Å². The van der Waals surface area contributed by atoms with Gasteiger partial charge in [0.15, 0.2) is 5.79 Å². The van der Waals surface area contributed by atoms with Gasteiger partial charge in [-0.15, -0.1) is 0 Å². The monoisotopic (exact) mass is 467 g/mol. The third-order valence-corrected chi connectivity index (χ3v) is 8.85. The zero-order chi connectivity index (χ0) is 22.6. The summed E-state index contributed by atoms with van der Waals surface area (Å²) >= 11 is 0. The maximum Gasteiger partial charge on any atom is 0.317 e. The van der Waals surface area contributed by atoms with Crippen molar-refractivity contribution in [2.45, 2.75) is 49.7 Å². The van der Waals surface area contributed by atoms with Gasteiger partial charge >= 0.3 is 6.03 Å². The van der Waals surface area contributed by atoms with Crippen LogP contribution in [0, 0.1) is 0 Å². The number of hydrogen-bond donors (Lipinski definition) is 1. The molecule has 1 atom stereocenters. The van der Waals surface area contributed by atoms with Crippen molar-refractivity contribution < 1.29 is 27.4 Å². The van der Waals surface area contributed by atoms with E-state index in [2.05, 4.69) is 5.32 Å². The van der Waals surface area contributed by atoms with E-state index in [1.807, 2.05) is 24.3 Å². The first kappa shape index (κ1) is 23.3. The molecule has 9 nitrogen and oxygen atoms in total. The number of ether oxygens (including phenoxy) is 3. The van der Waals surface area contributed by atoms with Gasteiger partial charge in [-0.25, -0.2) is 13.2 Å². The number of hydrogen-bond acceptors (Lipinski definition) is 6. The summed E-state index contributed by atoms with van der Waals surface area (Å²) in [5.74, 6) is -0.354. The summed E-state index contributed by atoms with van der Waals surface area (Å²) in [5, 5.41) is 2.60. The fourth-order valence-electron chi connectivity index (χ4n) is 4.66. The van der Waals surface area contributed by atoms with Gasteiger partial charge in [0.25, 0.3) is 0 Å². The van der Waals surface area contributed by atoms with Crippen LogP contribution in [0.5, 0.6) is 5.75 Å². The minimum absolute atomic E-state index is 0.119. The highest BCUT2D eigenvalue weighted by atomic mass is 32.2. The minimum Gasteiger partial charge on any atom is -0.497 e. The van der Waals surface area contributed by atoms with Gasteiger partial charge in [-0.05, 0) is 30.5 Å². The Balaban J connectivity index is 1.36. The molecule has 0 aromatic heterocycles. The molecule has 2 amide bonds. The molecule has 1 spiro atoms. The summed E-state index contributed by atoms with van der Waals surface area (Å²) in [5.41, 5.74) is 0.959. The number of carbonyl (C=O) groups is 1. The van der Waals surface area contributed by atoms with Crippen molar-refractivity contribution in [1.82, 2.24) is 14.5 Å². The number of nitrogens with one attached hydrogen (secondary N) is 1. The van der Waals surface area contributed by atoms with Crippen LogP contribution in [0.15, 0.2) is 24.3 Å². The molecular formula is C22H33N3O6S. The molecule has 2 heterocycles. The molecule has 2 saturated heterocycles. The molecule has 4 rings (SSSR count). The van der Waals surface area contributed by atoms with Gasteiger partial charge in [-0.2, -0.15) is 4.31 Å². The highest BCUT2D eigenvalue weighted by Gasteiger charge is 2.47. The molecule has 0 radical (unpaired) electrons. The van der Waals surface area contributed by atoms with Crippen molar-refractivity contribution >= 4 is 16.1 Å². The number of nitrogens with zero attached hydrogens (tertiary/aromatic N) is 2. The largest absolute Gasteiger partial charge is 0.497 e. The van der Waals surface area contributed by atoms with E-state index in [1.54, 1.807) is 12.0 Å². The Morgan fingerprint density at radius 3 is 2.47 bits per heavy atom. The predicted molar refractivity (Wildman–Crippen MR) is 119 cm³/mol. The summed E-state index contributed by atoms with van der Waals surface area (Å²) in [6, 6.07) is 7.28. The van der Waals surface area contributed by atoms with E-state index in [0.717, 1.165) is 30.6 Å². The van der Waals surface area contributed by atoms with Gasteiger partial charge < -0.3 is 24.4 Å². The number of methoxy groups -OCH3 is 1. The maximum atomic E-state index is 13.2. The van der Waals surface area contributed by atoms with Crippen molar-refractivity contribution in [3.63, 3.8) is 0 Å². The van der Waals surface area contributed by atoms with E-state index in [-0.39, 0.29) is 31.0 Å². The van der Waals surface area contributed by atoms with Crippen LogP contribution in [0.1, 0.15) is 37.7 Å². The van der Waals surface area contributed by atoms with Gasteiger partial charge in [-0.1, -0.05) is 31.4 Å². The SMILES string of the molecule is COc1ccc(CNC(=O)N2CCOC3(C2)CN(S(=O)(=O)C2CCCCC2)CCO3)cc1. The molecule has 2 aliphatic heterocycles. The van der Waals surface area contributed by atoms with E-state index < -0.39 is 15.8 Å². The van der Waals surface area contributed by atoms with Gasteiger partial charge in [0.2, 0.25) is 10.0 Å². The molecule has 32 heavy (non-hydrogen) atoms. The second-order valence-corrected chi connectivity index (χ2v) is 10.9. The lowest BCUT2D eigenvalue weighted by molar-refractivity contribution is -0.279. The number of morpholine rings is 2. The Morgan fingerprint density at radius 1 is 1.09 bits per heavy atom. The molecule has 3 fully saturated rings. The minimum atomic E-state index is -3.41. The average Bonchev–Trinajstić information content (AvgIpc) is 2.83. The smallest absolute Gasteiger partial charge is 0.317 e. The third kappa shape index (κ3) is 5.19. The molecule has 1 N–H and O–H groups in total. The van der Waals surface area contributed by atoms with Crippen LogP contribution in [0.4, 0.5) is 4.79 Å². The second kappa shape index (κ2) is 9.94. The van der Waals surface area contributed by atoms with E-state index in [1.165, 1.54) is 4.31 Å². The number of benzene rings is 1. The number of urea groups is 1. The standard InChI is InChI=1S/C22H33N3O6S/c1-29-19-9-7-18(8-10-19)15-23-21(26)24-11-13-30-22(16-24)17-25(12-14-31-22)32(27,28)20-5-3-2-4-6-20/h7-10,20H,2-6,11-17H2,1H3,(H,23,26). The molecule has 1 aliphatic carbocycles. The average molecular weight is 468 g/mol. The van der Waals surface area contributed by atoms with Crippen LogP contribution in [0.2, 0.25) is 0 Å². The third-order valence-electron chi connectivity index (χ3n) is 6.50. The summed E-state index contributed by atoms with van der Waals surface area (Å²) in [6.45, 7) is 2.01. The number of carbonyl (C=O) groups excluding carboxylic acids is 1. The molecule has 1 aromatic carbocycles. The van der Waals surface area contributed by atoms with E-state index in [9.17, 15) is 13.2 Å². The fourth-order valence-corrected chi connectivity index (χ4v) is 6.72. The topological polar surface area (TPSA) is 97.4 Å². The van der Waals surface area contributed by atoms with E-state index >= 15 is 0 Å². The predicted octanol–water partition coefficient (Wildman–Crippen LogP) is 1.93. The van der Waals surface area contributed by atoms with Crippen molar-refractivity contribution in [1.29, 1.82) is 0 Å². The molecular weight excluding hydrogens is 434 g/mol. The molecule has 0 bridgehead atoms. The lowest BCUT2D eigenvalue weighted by Crippen LogP contribution is -2.65. The number of amides is 2. The number of sulfonamides is 1. The lowest BCUT2D eigenvalue weighted by Gasteiger charge is -2.47. The molecule has 10 heteroatoms. The van der Waals surface area contributed by atoms with Crippen LogP contribution in [-0.2, 0) is 26.0 Å². The highest BCUT2D eigenvalue weighted by molar-refractivity contribution is 7.89. The molecule has 1 unspecified atom stereocenters. The second-order valence-electron chi connectivity index (χ2n) is 8.67. The number of rotatable bonds is 5. The van der Waals surface area contributed by atoms with Crippen LogP contribution in [0.25, 0.3) is 0 Å². The van der Waals surface area contributed by atoms with Crippen molar-refractivity contribution in [3.8, 4) is 5.75 Å². The summed E-state index contributed by atoms with van der Waals surface area (Å²) in [4.78, 5) is 14.4. The van der Waals surface area contributed by atoms with E-state index in [0.29, 0.717) is 39.1 Å². The van der Waals surface area contributed by atoms with Gasteiger partial charge in [0, 0.05) is 19.6 Å². The summed E-state index contributed by atoms with van der Waals surface area (Å²) in [6.07, 6.45) is 4.44.